The number of nitrogens with zero attached hydrogens (tertiary/aromatic N) is 2. The smallest absolute Gasteiger partial charge is 0.276 e. The van der Waals surface area contributed by atoms with Crippen LogP contribution >= 0.6 is 0 Å². The van der Waals surface area contributed by atoms with Gasteiger partial charge in [0.05, 0.1) is 6.54 Å². The fourth-order valence-electron chi connectivity index (χ4n) is 5.05. The van der Waals surface area contributed by atoms with E-state index in [0.717, 1.165) is 41.1 Å². The Balaban J connectivity index is 1.42. The Morgan fingerprint density at radius 1 is 1.03 bits per heavy atom. The van der Waals surface area contributed by atoms with Gasteiger partial charge >= 0.3 is 0 Å². The van der Waals surface area contributed by atoms with Gasteiger partial charge in [0.1, 0.15) is 11.4 Å². The topological polar surface area (TPSA) is 67.8 Å². The van der Waals surface area contributed by atoms with Crippen molar-refractivity contribution in [3.8, 4) is 5.75 Å². The second-order valence-corrected chi connectivity index (χ2v) is 9.44. The van der Waals surface area contributed by atoms with Crippen LogP contribution in [0, 0.1) is 6.92 Å². The van der Waals surface area contributed by atoms with Crippen LogP contribution in [0.1, 0.15) is 48.8 Å². The first kappa shape index (κ1) is 21.6. The fourth-order valence-corrected chi connectivity index (χ4v) is 5.05. The van der Waals surface area contributed by atoms with Crippen molar-refractivity contribution in [2.45, 2.75) is 64.4 Å². The first-order chi connectivity index (χ1) is 16.0. The van der Waals surface area contributed by atoms with Crippen LogP contribution in [0.3, 0.4) is 0 Å². The molecular formula is C27H32N4O2. The molecule has 1 unspecified atom stereocenters. The van der Waals surface area contributed by atoms with E-state index in [-0.39, 0.29) is 17.9 Å². The van der Waals surface area contributed by atoms with E-state index in [9.17, 15) is 9.90 Å². The lowest BCUT2D eigenvalue weighted by molar-refractivity contribution is -0.128. The number of rotatable bonds is 6. The third kappa shape index (κ3) is 4.48. The summed E-state index contributed by atoms with van der Waals surface area (Å²) in [7, 11) is 0. The van der Waals surface area contributed by atoms with Gasteiger partial charge in [-0.25, -0.2) is 0 Å². The number of benzene rings is 2. The van der Waals surface area contributed by atoms with E-state index in [1.807, 2.05) is 17.0 Å². The monoisotopic (exact) mass is 444 g/mol. The van der Waals surface area contributed by atoms with E-state index in [1.54, 1.807) is 12.1 Å². The summed E-state index contributed by atoms with van der Waals surface area (Å²) < 4.78 is 0. The molecule has 0 spiro atoms. The highest BCUT2D eigenvalue weighted by Gasteiger charge is 2.42. The maximum Gasteiger partial charge on any atom is 0.276 e. The summed E-state index contributed by atoms with van der Waals surface area (Å²) in [6, 6.07) is 16.0. The SMILES string of the molecule is C=C1CC2=C(C(=O)N1Cc1ccc(C)cc1)N(Cc1ccc(O)cc1)C(NC1CCCC1)N2. The third-order valence-electron chi connectivity index (χ3n) is 6.91. The van der Waals surface area contributed by atoms with Gasteiger partial charge in [0.15, 0.2) is 6.29 Å². The zero-order chi connectivity index (χ0) is 22.9. The van der Waals surface area contributed by atoms with Crippen molar-refractivity contribution in [2.75, 3.05) is 0 Å². The second-order valence-electron chi connectivity index (χ2n) is 9.44. The molecule has 5 rings (SSSR count). The number of hydrogen-bond acceptors (Lipinski definition) is 5. The minimum atomic E-state index is -0.136. The highest BCUT2D eigenvalue weighted by atomic mass is 16.3. The first-order valence-electron chi connectivity index (χ1n) is 11.8. The molecule has 2 aromatic carbocycles. The molecule has 1 saturated carbocycles. The van der Waals surface area contributed by atoms with Crippen molar-refractivity contribution < 1.29 is 9.90 Å². The van der Waals surface area contributed by atoms with Crippen LogP contribution in [0.2, 0.25) is 0 Å². The van der Waals surface area contributed by atoms with E-state index in [2.05, 4.69) is 53.3 Å². The Hall–Kier alpha value is -3.25. The van der Waals surface area contributed by atoms with Crippen molar-refractivity contribution in [3.05, 3.63) is 88.9 Å². The highest BCUT2D eigenvalue weighted by molar-refractivity contribution is 5.96. The molecule has 1 atom stereocenters. The van der Waals surface area contributed by atoms with Crippen molar-refractivity contribution in [1.82, 2.24) is 20.4 Å². The molecule has 0 radical (unpaired) electrons. The summed E-state index contributed by atoms with van der Waals surface area (Å²) in [5.41, 5.74) is 5.82. The van der Waals surface area contributed by atoms with Gasteiger partial charge in [-0.3, -0.25) is 10.1 Å². The Labute approximate surface area is 195 Å². The standard InChI is InChI=1S/C27H32N4O2/c1-18-7-9-20(10-8-18)16-30-19(2)15-24-25(26(30)33)31(17-21-11-13-23(32)14-12-21)27(29-24)28-22-5-3-4-6-22/h7-14,22,27-29,32H,2-6,15-17H2,1H3. The number of phenolic OH excluding ortho intramolecular Hbond substituents is 1. The number of aromatic hydroxyl groups is 1. The number of aryl methyl sites for hydroxylation is 1. The van der Waals surface area contributed by atoms with Crippen LogP contribution < -0.4 is 10.6 Å². The summed E-state index contributed by atoms with van der Waals surface area (Å²) in [5, 5.41) is 17.0. The molecule has 2 aliphatic heterocycles. The minimum Gasteiger partial charge on any atom is -0.508 e. The van der Waals surface area contributed by atoms with Crippen LogP contribution in [0.15, 0.2) is 72.2 Å². The molecule has 1 amide bonds. The average Bonchev–Trinajstić information content (AvgIpc) is 3.42. The van der Waals surface area contributed by atoms with E-state index < -0.39 is 0 Å². The molecule has 2 aromatic rings. The maximum absolute atomic E-state index is 13.8. The quantitative estimate of drug-likeness (QED) is 0.627. The average molecular weight is 445 g/mol. The Bertz CT molecular complexity index is 1070. The first-order valence-corrected chi connectivity index (χ1v) is 11.8. The molecule has 0 bridgehead atoms. The van der Waals surface area contributed by atoms with Crippen molar-refractivity contribution in [1.29, 1.82) is 0 Å². The van der Waals surface area contributed by atoms with Gasteiger partial charge in [-0.15, -0.1) is 0 Å². The number of carbonyl (C=O) groups is 1. The molecule has 2 heterocycles. The largest absolute Gasteiger partial charge is 0.508 e. The summed E-state index contributed by atoms with van der Waals surface area (Å²) in [5.74, 6) is 0.233. The van der Waals surface area contributed by atoms with Crippen LogP contribution in [0.25, 0.3) is 0 Å². The predicted molar refractivity (Wildman–Crippen MR) is 128 cm³/mol. The molecular weight excluding hydrogens is 412 g/mol. The van der Waals surface area contributed by atoms with Crippen LogP contribution in [0.5, 0.6) is 5.75 Å². The summed E-state index contributed by atoms with van der Waals surface area (Å²) >= 11 is 0. The highest BCUT2D eigenvalue weighted by Crippen LogP contribution is 2.35. The normalized spacial score (nSPS) is 21.1. The van der Waals surface area contributed by atoms with E-state index in [0.29, 0.717) is 25.6 Å². The van der Waals surface area contributed by atoms with Gasteiger partial charge in [-0.2, -0.15) is 0 Å². The van der Waals surface area contributed by atoms with Gasteiger partial charge in [-0.1, -0.05) is 61.4 Å². The Kier molecular flexibility index (Phi) is 5.85. The number of amides is 1. The van der Waals surface area contributed by atoms with Gasteiger partial charge in [0, 0.05) is 30.4 Å². The lowest BCUT2D eigenvalue weighted by atomic mass is 10.1. The number of nitrogens with one attached hydrogen (secondary N) is 2. The van der Waals surface area contributed by atoms with Gasteiger partial charge in [-0.05, 0) is 43.0 Å². The number of phenols is 1. The number of carbonyl (C=O) groups excluding carboxylic acids is 1. The Morgan fingerprint density at radius 2 is 1.67 bits per heavy atom. The molecule has 1 fully saturated rings. The lowest BCUT2D eigenvalue weighted by Gasteiger charge is -2.34. The molecule has 3 aliphatic rings. The van der Waals surface area contributed by atoms with Gasteiger partial charge < -0.3 is 20.2 Å². The fraction of sp³-hybridized carbons (Fsp3) is 0.370. The molecule has 6 nitrogen and oxygen atoms in total. The maximum atomic E-state index is 13.8. The van der Waals surface area contributed by atoms with E-state index in [4.69, 9.17) is 0 Å². The summed E-state index contributed by atoms with van der Waals surface area (Å²) in [6.07, 6.45) is 5.31. The molecule has 6 heteroatoms. The van der Waals surface area contributed by atoms with E-state index in [1.165, 1.54) is 18.4 Å². The van der Waals surface area contributed by atoms with E-state index >= 15 is 0 Å². The summed E-state index contributed by atoms with van der Waals surface area (Å²) in [4.78, 5) is 17.7. The molecule has 33 heavy (non-hydrogen) atoms. The molecule has 0 aromatic heterocycles. The van der Waals surface area contributed by atoms with Crippen LogP contribution in [0.4, 0.5) is 0 Å². The van der Waals surface area contributed by atoms with Crippen LogP contribution in [-0.4, -0.2) is 33.1 Å². The van der Waals surface area contributed by atoms with Gasteiger partial charge in [0.25, 0.3) is 5.91 Å². The predicted octanol–water partition coefficient (Wildman–Crippen LogP) is 4.08. The third-order valence-corrected chi connectivity index (χ3v) is 6.91. The molecule has 172 valence electrons. The zero-order valence-electron chi connectivity index (χ0n) is 19.2. The second kappa shape index (κ2) is 8.94. The summed E-state index contributed by atoms with van der Waals surface area (Å²) in [6.45, 7) is 7.39. The van der Waals surface area contributed by atoms with Crippen molar-refractivity contribution in [3.63, 3.8) is 0 Å². The van der Waals surface area contributed by atoms with Gasteiger partial charge in [0.2, 0.25) is 0 Å². The number of hydrogen-bond donors (Lipinski definition) is 3. The Morgan fingerprint density at radius 3 is 2.36 bits per heavy atom. The lowest BCUT2D eigenvalue weighted by Crippen LogP contribution is -2.52. The van der Waals surface area contributed by atoms with Crippen molar-refractivity contribution >= 4 is 5.91 Å². The van der Waals surface area contributed by atoms with Crippen LogP contribution in [-0.2, 0) is 17.9 Å². The van der Waals surface area contributed by atoms with Crippen molar-refractivity contribution in [2.24, 2.45) is 0 Å². The molecule has 3 N–H and O–H groups in total. The molecule has 0 saturated heterocycles. The molecule has 1 aliphatic carbocycles. The minimum absolute atomic E-state index is 0.0103. The zero-order valence-corrected chi connectivity index (χ0v) is 19.2.